The molecule has 2 atom stereocenters. The molecule has 176 valence electrons. The molecule has 0 aliphatic carbocycles. The van der Waals surface area contributed by atoms with Crippen molar-refractivity contribution in [2.75, 3.05) is 7.05 Å². The van der Waals surface area contributed by atoms with Crippen LogP contribution >= 0.6 is 11.3 Å². The summed E-state index contributed by atoms with van der Waals surface area (Å²) in [7, 11) is 1.73. The summed E-state index contributed by atoms with van der Waals surface area (Å²) in [5.41, 5.74) is 2.04. The van der Waals surface area contributed by atoms with Crippen molar-refractivity contribution in [3.05, 3.63) is 81.6 Å². The largest absolute Gasteiger partial charge is 0.337 e. The fourth-order valence-electron chi connectivity index (χ4n) is 4.52. The first-order valence-electron chi connectivity index (χ1n) is 11.2. The zero-order valence-electron chi connectivity index (χ0n) is 19.8. The highest BCUT2D eigenvalue weighted by atomic mass is 32.1. The predicted octanol–water partition coefficient (Wildman–Crippen LogP) is 3.96. The number of hydrogen-bond acceptors (Lipinski definition) is 6. The zero-order valence-corrected chi connectivity index (χ0v) is 20.6. The number of imide groups is 1. The smallest absolute Gasteiger partial charge is 0.241 e. The Morgan fingerprint density at radius 3 is 2.62 bits per heavy atom. The van der Waals surface area contributed by atoms with E-state index in [1.54, 1.807) is 30.4 Å². The number of carbonyl (C=O) groups is 3. The van der Waals surface area contributed by atoms with Gasteiger partial charge in [-0.15, -0.1) is 11.3 Å². The van der Waals surface area contributed by atoms with Crippen molar-refractivity contribution in [2.24, 2.45) is 0 Å². The van der Waals surface area contributed by atoms with E-state index in [1.807, 2.05) is 56.5 Å². The first kappa shape index (κ1) is 23.8. The molecule has 3 heterocycles. The summed E-state index contributed by atoms with van der Waals surface area (Å²) in [4.78, 5) is 52.1. The normalized spacial score (nSPS) is 18.9. The van der Waals surface area contributed by atoms with Crippen LogP contribution in [0.1, 0.15) is 53.2 Å². The number of nitrogens with zero attached hydrogens (tertiary/aromatic N) is 4. The number of carbonyl (C=O) groups excluding carboxylic acids is 3. The van der Waals surface area contributed by atoms with E-state index in [9.17, 15) is 14.4 Å². The van der Waals surface area contributed by atoms with E-state index in [4.69, 9.17) is 0 Å². The van der Waals surface area contributed by atoms with Crippen LogP contribution in [-0.4, -0.2) is 44.5 Å². The van der Waals surface area contributed by atoms with Crippen molar-refractivity contribution < 1.29 is 14.4 Å². The van der Waals surface area contributed by atoms with Crippen LogP contribution in [0, 0.1) is 13.8 Å². The van der Waals surface area contributed by atoms with E-state index >= 15 is 0 Å². The average Bonchev–Trinajstić information content (AvgIpc) is 3.36. The molecule has 1 aromatic carbocycles. The summed E-state index contributed by atoms with van der Waals surface area (Å²) < 4.78 is 0. The maximum Gasteiger partial charge on any atom is 0.241 e. The van der Waals surface area contributed by atoms with Crippen molar-refractivity contribution in [1.82, 2.24) is 19.8 Å². The Hall–Kier alpha value is -3.39. The molecule has 2 aromatic heterocycles. The SMILES string of the molecule is Cc1csc(C(C)N(C)C(=O)CC2(c3ccccc3C)CC(=O)N(Cc3cccnc3)C2=O)n1. The van der Waals surface area contributed by atoms with Gasteiger partial charge in [0.1, 0.15) is 5.01 Å². The molecule has 7 nitrogen and oxygen atoms in total. The van der Waals surface area contributed by atoms with Gasteiger partial charge in [0.2, 0.25) is 17.7 Å². The highest BCUT2D eigenvalue weighted by molar-refractivity contribution is 7.09. The van der Waals surface area contributed by atoms with Crippen molar-refractivity contribution >= 4 is 29.1 Å². The van der Waals surface area contributed by atoms with E-state index in [-0.39, 0.29) is 43.1 Å². The third-order valence-electron chi connectivity index (χ3n) is 6.55. The van der Waals surface area contributed by atoms with Crippen molar-refractivity contribution in [3.8, 4) is 0 Å². The number of rotatable bonds is 7. The second-order valence-electron chi connectivity index (χ2n) is 8.90. The van der Waals surface area contributed by atoms with Gasteiger partial charge in [0.15, 0.2) is 0 Å². The molecule has 0 spiro atoms. The van der Waals surface area contributed by atoms with E-state index < -0.39 is 5.41 Å². The fraction of sp³-hybridized carbons (Fsp3) is 0.346. The highest BCUT2D eigenvalue weighted by Crippen LogP contribution is 2.42. The summed E-state index contributed by atoms with van der Waals surface area (Å²) in [5.74, 6) is -0.820. The van der Waals surface area contributed by atoms with Gasteiger partial charge >= 0.3 is 0 Å². The Labute approximate surface area is 203 Å². The number of pyridine rings is 1. The van der Waals surface area contributed by atoms with Gasteiger partial charge < -0.3 is 4.90 Å². The van der Waals surface area contributed by atoms with E-state index in [2.05, 4.69) is 9.97 Å². The Balaban J connectivity index is 1.67. The second kappa shape index (κ2) is 9.46. The second-order valence-corrected chi connectivity index (χ2v) is 9.79. The fourth-order valence-corrected chi connectivity index (χ4v) is 5.41. The molecular weight excluding hydrogens is 448 g/mol. The first-order chi connectivity index (χ1) is 16.2. The molecule has 1 aliphatic rings. The van der Waals surface area contributed by atoms with E-state index in [0.717, 1.165) is 27.4 Å². The standard InChI is InChI=1S/C26H28N4O3S/c1-17-8-5-6-10-21(17)26(12-22(31)29(4)19(3)24-28-18(2)16-34-24)13-23(32)30(25(26)33)15-20-9-7-11-27-14-20/h5-11,14,16,19H,12-13,15H2,1-4H3. The number of thiazole rings is 1. The Morgan fingerprint density at radius 2 is 1.97 bits per heavy atom. The van der Waals surface area contributed by atoms with Crippen LogP contribution in [0.2, 0.25) is 0 Å². The van der Waals surface area contributed by atoms with E-state index in [1.165, 1.54) is 16.2 Å². The van der Waals surface area contributed by atoms with Gasteiger partial charge in [0.25, 0.3) is 0 Å². The molecule has 3 amide bonds. The molecule has 0 saturated carbocycles. The van der Waals surface area contributed by atoms with Crippen LogP contribution in [-0.2, 0) is 26.3 Å². The molecule has 2 unspecified atom stereocenters. The van der Waals surface area contributed by atoms with Crippen molar-refractivity contribution in [3.63, 3.8) is 0 Å². The van der Waals surface area contributed by atoms with Crippen LogP contribution in [0.15, 0.2) is 54.2 Å². The Morgan fingerprint density at radius 1 is 1.21 bits per heavy atom. The van der Waals surface area contributed by atoms with Gasteiger partial charge in [-0.05, 0) is 43.5 Å². The van der Waals surface area contributed by atoms with Gasteiger partial charge in [-0.1, -0.05) is 30.3 Å². The summed E-state index contributed by atoms with van der Waals surface area (Å²) in [6, 6.07) is 10.9. The molecule has 0 radical (unpaired) electrons. The monoisotopic (exact) mass is 476 g/mol. The van der Waals surface area contributed by atoms with Crippen LogP contribution in [0.5, 0.6) is 0 Å². The minimum Gasteiger partial charge on any atom is -0.337 e. The van der Waals surface area contributed by atoms with Gasteiger partial charge in [0.05, 0.1) is 18.0 Å². The third-order valence-corrected chi connectivity index (χ3v) is 7.69. The minimum absolute atomic E-state index is 0.0404. The number of likely N-dealkylation sites (tertiary alicyclic amines) is 1. The molecule has 3 aromatic rings. The quantitative estimate of drug-likeness (QED) is 0.482. The van der Waals surface area contributed by atoms with Crippen LogP contribution < -0.4 is 0 Å². The molecular formula is C26H28N4O3S. The van der Waals surface area contributed by atoms with Gasteiger partial charge in [0, 0.05) is 43.4 Å². The van der Waals surface area contributed by atoms with Crippen molar-refractivity contribution in [2.45, 2.75) is 51.6 Å². The van der Waals surface area contributed by atoms with Crippen LogP contribution in [0.4, 0.5) is 0 Å². The summed E-state index contributed by atoms with van der Waals surface area (Å²) in [6.07, 6.45) is 3.16. The van der Waals surface area contributed by atoms with Gasteiger partial charge in [-0.3, -0.25) is 24.3 Å². The third kappa shape index (κ3) is 4.37. The molecule has 0 N–H and O–H groups in total. The predicted molar refractivity (Wildman–Crippen MR) is 130 cm³/mol. The maximum atomic E-state index is 13.9. The molecule has 34 heavy (non-hydrogen) atoms. The molecule has 0 bridgehead atoms. The molecule has 1 aliphatic heterocycles. The van der Waals surface area contributed by atoms with Crippen LogP contribution in [0.3, 0.4) is 0 Å². The van der Waals surface area contributed by atoms with Crippen LogP contribution in [0.25, 0.3) is 0 Å². The molecule has 1 saturated heterocycles. The Kier molecular flexibility index (Phi) is 6.61. The zero-order chi connectivity index (χ0) is 24.5. The topological polar surface area (TPSA) is 83.5 Å². The lowest BCUT2D eigenvalue weighted by Gasteiger charge is -2.32. The van der Waals surface area contributed by atoms with Gasteiger partial charge in [-0.2, -0.15) is 0 Å². The summed E-state index contributed by atoms with van der Waals surface area (Å²) in [5, 5.41) is 2.79. The highest BCUT2D eigenvalue weighted by Gasteiger charge is 2.54. The minimum atomic E-state index is -1.24. The average molecular weight is 477 g/mol. The Bertz CT molecular complexity index is 1230. The molecule has 1 fully saturated rings. The maximum absolute atomic E-state index is 13.9. The number of benzene rings is 1. The number of amides is 3. The molecule has 4 rings (SSSR count). The lowest BCUT2D eigenvalue weighted by Crippen LogP contribution is -2.43. The number of aromatic nitrogens is 2. The lowest BCUT2D eigenvalue weighted by molar-refractivity contribution is -0.143. The number of aryl methyl sites for hydroxylation is 2. The molecule has 8 heteroatoms. The lowest BCUT2D eigenvalue weighted by atomic mass is 9.74. The summed E-state index contributed by atoms with van der Waals surface area (Å²) in [6.45, 7) is 5.89. The number of hydrogen-bond donors (Lipinski definition) is 0. The van der Waals surface area contributed by atoms with Gasteiger partial charge in [-0.25, -0.2) is 4.98 Å². The first-order valence-corrected chi connectivity index (χ1v) is 12.1. The van der Waals surface area contributed by atoms with Crippen molar-refractivity contribution in [1.29, 1.82) is 0 Å². The summed E-state index contributed by atoms with van der Waals surface area (Å²) >= 11 is 1.51. The van der Waals surface area contributed by atoms with E-state index in [0.29, 0.717) is 0 Å².